The van der Waals surface area contributed by atoms with Gasteiger partial charge in [0.05, 0.1) is 6.04 Å². The maximum Gasteiger partial charge on any atom is 0.251 e. The van der Waals surface area contributed by atoms with E-state index in [1.54, 1.807) is 0 Å². The number of fused-ring (bicyclic) bond motifs is 5. The van der Waals surface area contributed by atoms with Crippen molar-refractivity contribution < 1.29 is 4.79 Å². The minimum Gasteiger partial charge on any atom is -0.357 e. The van der Waals surface area contributed by atoms with Crippen LogP contribution in [0.5, 0.6) is 0 Å². The van der Waals surface area contributed by atoms with E-state index in [4.69, 9.17) is 0 Å². The van der Waals surface area contributed by atoms with Gasteiger partial charge in [0.15, 0.2) is 0 Å². The molecule has 0 radical (unpaired) electrons. The van der Waals surface area contributed by atoms with Gasteiger partial charge < -0.3 is 10.3 Å². The maximum atomic E-state index is 12.7. The summed E-state index contributed by atoms with van der Waals surface area (Å²) in [6.45, 7) is 4.14. The quantitative estimate of drug-likeness (QED) is 0.727. The second-order valence-electron chi connectivity index (χ2n) is 7.87. The van der Waals surface area contributed by atoms with Gasteiger partial charge in [0.1, 0.15) is 0 Å². The lowest BCUT2D eigenvalue weighted by molar-refractivity contribution is 0.0839. The van der Waals surface area contributed by atoms with Crippen LogP contribution in [0, 0.1) is 6.92 Å². The summed E-state index contributed by atoms with van der Waals surface area (Å²) in [4.78, 5) is 19.0. The number of nitrogens with zero attached hydrogens (tertiary/aromatic N) is 1. The smallest absolute Gasteiger partial charge is 0.251 e. The zero-order valence-electron chi connectivity index (χ0n) is 15.7. The van der Waals surface area contributed by atoms with Crippen LogP contribution in [0.1, 0.15) is 46.1 Å². The predicted molar refractivity (Wildman–Crippen MR) is 108 cm³/mol. The topological polar surface area (TPSA) is 48.1 Å². The number of carbonyl (C=O) groups excluding carboxylic acids is 1. The third kappa shape index (κ3) is 2.85. The molecule has 0 saturated carbocycles. The number of piperidine rings is 1. The van der Waals surface area contributed by atoms with Crippen molar-refractivity contribution in [3.05, 3.63) is 70.9 Å². The van der Waals surface area contributed by atoms with E-state index in [1.165, 1.54) is 22.2 Å². The van der Waals surface area contributed by atoms with Gasteiger partial charge in [-0.2, -0.15) is 0 Å². The molecule has 1 saturated heterocycles. The molecule has 1 fully saturated rings. The molecular weight excluding hydrogens is 334 g/mol. The van der Waals surface area contributed by atoms with Crippen LogP contribution >= 0.6 is 0 Å². The van der Waals surface area contributed by atoms with E-state index >= 15 is 0 Å². The second-order valence-corrected chi connectivity index (χ2v) is 7.87. The Morgan fingerprint density at radius 1 is 1.11 bits per heavy atom. The van der Waals surface area contributed by atoms with E-state index in [2.05, 4.69) is 39.5 Å². The summed E-state index contributed by atoms with van der Waals surface area (Å²) in [5.74, 6) is 0.0548. The number of hydrogen-bond acceptors (Lipinski definition) is 2. The van der Waals surface area contributed by atoms with Crippen LogP contribution in [-0.4, -0.2) is 34.9 Å². The number of aromatic nitrogens is 1. The average molecular weight is 359 g/mol. The molecule has 2 aromatic carbocycles. The molecule has 0 bridgehead atoms. The molecule has 2 atom stereocenters. The number of carbonyl (C=O) groups is 1. The molecule has 1 aromatic heterocycles. The number of amides is 1. The first-order valence-electron chi connectivity index (χ1n) is 9.91. The Labute approximate surface area is 159 Å². The lowest BCUT2D eigenvalue weighted by Gasteiger charge is -2.42. The molecular formula is C23H25N3O. The molecule has 3 aromatic rings. The van der Waals surface area contributed by atoms with Crippen molar-refractivity contribution in [1.29, 1.82) is 0 Å². The number of hydrogen-bond donors (Lipinski definition) is 2. The number of H-pyrrole nitrogens is 1. The van der Waals surface area contributed by atoms with Crippen molar-refractivity contribution in [2.75, 3.05) is 13.1 Å². The standard InChI is InChI=1S/C23H25N3O/c1-15-6-2-3-7-17(15)23(27)24-16-10-12-26-13-11-19-18-8-4-5-9-20(18)25-22(19)21(26)14-16/h2-9,16,21,25H,10-14H2,1H3,(H,24,27)/t16-,21+/m1/s1. The van der Waals surface area contributed by atoms with Crippen LogP contribution < -0.4 is 5.32 Å². The van der Waals surface area contributed by atoms with Crippen LogP contribution in [0.4, 0.5) is 0 Å². The number of aryl methyl sites for hydroxylation is 1. The Hall–Kier alpha value is -2.59. The van der Waals surface area contributed by atoms with Gasteiger partial charge in [-0.25, -0.2) is 0 Å². The minimum absolute atomic E-state index is 0.0548. The third-order valence-corrected chi connectivity index (χ3v) is 6.27. The van der Waals surface area contributed by atoms with E-state index < -0.39 is 0 Å². The van der Waals surface area contributed by atoms with E-state index in [1.807, 2.05) is 31.2 Å². The summed E-state index contributed by atoms with van der Waals surface area (Å²) in [7, 11) is 0. The maximum absolute atomic E-state index is 12.7. The molecule has 4 nitrogen and oxygen atoms in total. The predicted octanol–water partition coefficient (Wildman–Crippen LogP) is 3.97. The lowest BCUT2D eigenvalue weighted by atomic mass is 9.88. The van der Waals surface area contributed by atoms with Crippen molar-refractivity contribution in [1.82, 2.24) is 15.2 Å². The van der Waals surface area contributed by atoms with Crippen molar-refractivity contribution >= 4 is 16.8 Å². The van der Waals surface area contributed by atoms with Crippen LogP contribution in [0.2, 0.25) is 0 Å². The lowest BCUT2D eigenvalue weighted by Crippen LogP contribution is -2.48. The highest BCUT2D eigenvalue weighted by Crippen LogP contribution is 2.39. The zero-order chi connectivity index (χ0) is 18.4. The summed E-state index contributed by atoms with van der Waals surface area (Å²) < 4.78 is 0. The Morgan fingerprint density at radius 2 is 1.93 bits per heavy atom. The monoisotopic (exact) mass is 359 g/mol. The first-order valence-corrected chi connectivity index (χ1v) is 9.91. The highest BCUT2D eigenvalue weighted by Gasteiger charge is 2.36. The Morgan fingerprint density at radius 3 is 2.81 bits per heavy atom. The Bertz CT molecular complexity index is 1010. The minimum atomic E-state index is 0.0548. The molecule has 0 aliphatic carbocycles. The number of para-hydroxylation sites is 1. The fourth-order valence-corrected chi connectivity index (χ4v) is 4.83. The van der Waals surface area contributed by atoms with Crippen LogP contribution in [-0.2, 0) is 6.42 Å². The number of benzene rings is 2. The van der Waals surface area contributed by atoms with Gasteiger partial charge in [-0.15, -0.1) is 0 Å². The van der Waals surface area contributed by atoms with Gasteiger partial charge in [0, 0.05) is 41.3 Å². The van der Waals surface area contributed by atoms with Gasteiger partial charge in [0.25, 0.3) is 5.91 Å². The molecule has 138 valence electrons. The van der Waals surface area contributed by atoms with Crippen LogP contribution in [0.25, 0.3) is 10.9 Å². The summed E-state index contributed by atoms with van der Waals surface area (Å²) in [5.41, 5.74) is 5.88. The molecule has 27 heavy (non-hydrogen) atoms. The number of aromatic amines is 1. The van der Waals surface area contributed by atoms with Gasteiger partial charge in [-0.05, 0) is 49.4 Å². The highest BCUT2D eigenvalue weighted by molar-refractivity contribution is 5.95. The van der Waals surface area contributed by atoms with Gasteiger partial charge in [-0.3, -0.25) is 9.69 Å². The molecule has 0 spiro atoms. The summed E-state index contributed by atoms with van der Waals surface area (Å²) in [5, 5.41) is 4.65. The molecule has 3 heterocycles. The van der Waals surface area contributed by atoms with E-state index in [-0.39, 0.29) is 11.9 Å². The summed E-state index contributed by atoms with van der Waals surface area (Å²) in [6, 6.07) is 17.0. The van der Waals surface area contributed by atoms with Gasteiger partial charge >= 0.3 is 0 Å². The van der Waals surface area contributed by atoms with Crippen molar-refractivity contribution in [2.24, 2.45) is 0 Å². The molecule has 2 aliphatic rings. The largest absolute Gasteiger partial charge is 0.357 e. The fraction of sp³-hybridized carbons (Fsp3) is 0.348. The average Bonchev–Trinajstić information content (AvgIpc) is 3.07. The van der Waals surface area contributed by atoms with Crippen molar-refractivity contribution in [3.63, 3.8) is 0 Å². The van der Waals surface area contributed by atoms with E-state index in [9.17, 15) is 4.79 Å². The summed E-state index contributed by atoms with van der Waals surface area (Å²) >= 11 is 0. The third-order valence-electron chi connectivity index (χ3n) is 6.27. The normalized spacial score (nSPS) is 22.3. The molecule has 1 amide bonds. The highest BCUT2D eigenvalue weighted by atomic mass is 16.1. The Kier molecular flexibility index (Phi) is 4.01. The molecule has 5 rings (SSSR count). The van der Waals surface area contributed by atoms with Crippen molar-refractivity contribution in [3.8, 4) is 0 Å². The SMILES string of the molecule is Cc1ccccc1C(=O)N[C@@H]1CCN2CCc3c([nH]c4ccccc34)[C@@H]2C1. The fourth-order valence-electron chi connectivity index (χ4n) is 4.83. The first kappa shape index (κ1) is 16.6. The second kappa shape index (κ2) is 6.54. The zero-order valence-corrected chi connectivity index (χ0v) is 15.7. The van der Waals surface area contributed by atoms with Gasteiger partial charge in [-0.1, -0.05) is 36.4 Å². The molecule has 2 aliphatic heterocycles. The van der Waals surface area contributed by atoms with Crippen molar-refractivity contribution in [2.45, 2.75) is 38.3 Å². The van der Waals surface area contributed by atoms with Gasteiger partial charge in [0.2, 0.25) is 0 Å². The Balaban J connectivity index is 1.39. The molecule has 4 heteroatoms. The number of rotatable bonds is 2. The first-order chi connectivity index (χ1) is 13.2. The van der Waals surface area contributed by atoms with Crippen LogP contribution in [0.15, 0.2) is 48.5 Å². The molecule has 2 N–H and O–H groups in total. The van der Waals surface area contributed by atoms with E-state index in [0.717, 1.165) is 43.5 Å². The summed E-state index contributed by atoms with van der Waals surface area (Å²) in [6.07, 6.45) is 3.09. The van der Waals surface area contributed by atoms with Crippen LogP contribution in [0.3, 0.4) is 0 Å². The van der Waals surface area contributed by atoms with E-state index in [0.29, 0.717) is 6.04 Å². The molecule has 0 unspecified atom stereocenters. The number of nitrogens with one attached hydrogen (secondary N) is 2.